The number of halogens is 2. The van der Waals surface area contributed by atoms with Crippen LogP contribution in [0, 0.1) is 69.2 Å². The normalized spacial score (nSPS) is 14.2. The van der Waals surface area contributed by atoms with E-state index in [4.69, 9.17) is 33.4 Å². The van der Waals surface area contributed by atoms with Crippen LogP contribution in [0.15, 0.2) is 183 Å². The molecule has 30 nitrogen and oxygen atoms in total. The number of hydrogen-bond donors (Lipinski definition) is 8. The Kier molecular flexibility index (Phi) is 27.7. The highest BCUT2D eigenvalue weighted by molar-refractivity contribution is 7.23. The molecule has 0 saturated carbocycles. The fourth-order valence-electron chi connectivity index (χ4n) is 16.6. The third-order valence-corrected chi connectivity index (χ3v) is 31.0. The van der Waals surface area contributed by atoms with Gasteiger partial charge in [0.05, 0.1) is 90.2 Å². The largest absolute Gasteiger partial charge is 0.497 e. The van der Waals surface area contributed by atoms with E-state index in [1.807, 2.05) is 206 Å². The van der Waals surface area contributed by atoms with E-state index in [9.17, 15) is 24.0 Å². The fourth-order valence-corrected chi connectivity index (χ4v) is 21.9. The van der Waals surface area contributed by atoms with Gasteiger partial charge >= 0.3 is 0 Å². The number of ether oxygens (including phenoxy) is 1. The molecule has 5 amide bonds. The van der Waals surface area contributed by atoms with Crippen molar-refractivity contribution in [2.75, 3.05) is 88.1 Å². The molecule has 13 N–H and O–H groups in total. The number of benzene rings is 5. The van der Waals surface area contributed by atoms with Crippen molar-refractivity contribution in [2.24, 2.45) is 0 Å². The number of nitrogen functional groups attached to an aromatic ring is 5. The lowest BCUT2D eigenvalue weighted by atomic mass is 9.86. The van der Waals surface area contributed by atoms with Crippen LogP contribution in [0.4, 0.5) is 37.2 Å². The van der Waals surface area contributed by atoms with Crippen LogP contribution in [0.25, 0.3) is 73.3 Å². The number of carbonyl (C=O) groups is 5. The minimum Gasteiger partial charge on any atom is -0.497 e. The van der Waals surface area contributed by atoms with Crippen LogP contribution in [0.1, 0.15) is 132 Å². The number of thiophene rings is 5. The Bertz CT molecular complexity index is 7480. The highest BCUT2D eigenvalue weighted by Crippen LogP contribution is 2.46. The first-order valence-corrected chi connectivity index (χ1v) is 48.5. The van der Waals surface area contributed by atoms with E-state index in [0.29, 0.717) is 117 Å². The lowest BCUT2D eigenvalue weighted by Crippen LogP contribution is -2.59. The molecule has 4 fully saturated rings. The first kappa shape index (κ1) is 95.3. The molecule has 4 aliphatic rings. The summed E-state index contributed by atoms with van der Waals surface area (Å²) in [6.07, 6.45) is 6.86. The summed E-state index contributed by atoms with van der Waals surface area (Å²) in [6.45, 7) is 23.8. The summed E-state index contributed by atoms with van der Waals surface area (Å²) in [6, 6.07) is 51.1. The minimum absolute atomic E-state index is 0.00783. The maximum absolute atomic E-state index is 15.6. The molecule has 0 atom stereocenters. The van der Waals surface area contributed by atoms with E-state index in [0.717, 1.165) is 140 Å². The van der Waals surface area contributed by atoms with Gasteiger partial charge in [-0.05, 0) is 177 Å². The first-order chi connectivity index (χ1) is 66.3. The average Bonchev–Trinajstić information content (AvgIpc) is 1.17. The monoisotopic (exact) mass is 1940 g/mol. The third-order valence-electron chi connectivity index (χ3n) is 25.6. The number of nitrogens with zero attached hydrogens (tertiary/aromatic N) is 16. The second-order valence-electron chi connectivity index (χ2n) is 34.6. The van der Waals surface area contributed by atoms with Crippen LogP contribution in [-0.2, 0) is 31.0 Å². The zero-order chi connectivity index (χ0) is 97.3. The van der Waals surface area contributed by atoms with Crippen molar-refractivity contribution in [3.05, 3.63) is 291 Å². The Morgan fingerprint density at radius 3 is 1.09 bits per heavy atom. The summed E-state index contributed by atoms with van der Waals surface area (Å²) in [7, 11) is 1.66. The number of rotatable bonds is 18. The molecule has 16 heterocycles. The van der Waals surface area contributed by atoms with Gasteiger partial charge in [0, 0.05) is 110 Å². The molecule has 21 rings (SSSR count). The lowest BCUT2D eigenvalue weighted by molar-refractivity contribution is -0.0227. The van der Waals surface area contributed by atoms with Crippen LogP contribution in [0.5, 0.6) is 5.75 Å². The number of amides is 5. The fraction of sp³-hybridized carbons (Fsp3) is 0.257. The molecule has 17 aromatic rings. The second kappa shape index (κ2) is 40.1. The number of likely N-dealkylation sites (tertiary alicyclic amines) is 4. The van der Waals surface area contributed by atoms with Crippen molar-refractivity contribution in [1.29, 1.82) is 0 Å². The van der Waals surface area contributed by atoms with Crippen LogP contribution < -0.4 is 49.4 Å². The van der Waals surface area contributed by atoms with Crippen molar-refractivity contribution in [1.82, 2.24) is 96.5 Å². The van der Waals surface area contributed by atoms with E-state index in [-0.39, 0.29) is 61.8 Å². The van der Waals surface area contributed by atoms with Gasteiger partial charge < -0.3 is 69.0 Å². The van der Waals surface area contributed by atoms with Crippen LogP contribution in [0.3, 0.4) is 0 Å². The van der Waals surface area contributed by atoms with Gasteiger partial charge in [0.2, 0.25) is 0 Å². The number of hydrogen-bond acceptors (Lipinski definition) is 30. The van der Waals surface area contributed by atoms with Crippen molar-refractivity contribution in [3.8, 4) is 28.0 Å². The van der Waals surface area contributed by atoms with Crippen LogP contribution in [0.2, 0.25) is 0 Å². The molecule has 0 bridgehead atoms. The highest BCUT2D eigenvalue weighted by atomic mass is 32.1. The van der Waals surface area contributed by atoms with E-state index in [2.05, 4.69) is 89.0 Å². The summed E-state index contributed by atoms with van der Waals surface area (Å²) in [5.41, 5.74) is 47.7. The Hall–Kier alpha value is -14.5. The van der Waals surface area contributed by atoms with E-state index in [1.54, 1.807) is 50.1 Å². The SMILES string of the molecule is COc1ccc(CNC2CN(C(=O)c3sc4nnc(C)c(C)c4c3N)C2)cc1.Cc1nnc2sc(C(=O)N3CC(F)(c4ccc(-c5ccccc5)cc4)C3)c(N)c2c1C.Cc1nnc2sc(C(=O)N3CC(F)(c4cccc(-c5cccnc5)c4)C3)c(N)c2c1C.Cc1nnc2sc(C(=O)N3CC(NCc4ccccc4)C3)c(N)c2c1C.Cc1nnc2sc(C(=O)NCc3cccnc3)c(N)c2c1C. The maximum atomic E-state index is 15.6. The third kappa shape index (κ3) is 19.4. The Morgan fingerprint density at radius 1 is 0.362 bits per heavy atom. The number of anilines is 5. The van der Waals surface area contributed by atoms with Gasteiger partial charge in [-0.1, -0.05) is 127 Å². The van der Waals surface area contributed by atoms with Gasteiger partial charge in [-0.3, -0.25) is 33.9 Å². The molecule has 4 saturated heterocycles. The van der Waals surface area contributed by atoms with Crippen LogP contribution in [-0.4, -0.2) is 182 Å². The molecule has 0 radical (unpaired) electrons. The Labute approximate surface area is 813 Å². The van der Waals surface area contributed by atoms with Crippen molar-refractivity contribution in [2.45, 2.75) is 112 Å². The standard InChI is InChI=1S/C24H21FN4OS.C23H20FN5OS.C20H23N5O2S.C19H21N5OS.C15H15N5OS/c1-14-15(2)27-28-22-19(14)20(26)21(31-22)23(30)29-12-24(25,13-29)18-10-8-17(9-11-18)16-6-4-3-5-7-16;1-13-14(2)27-28-21-18(13)19(25)20(31-21)22(30)29-11-23(24,12-29)17-7-3-5-15(9-17)16-6-4-8-26-10-16;1-11-12(2)23-24-19-16(11)17(21)18(28-19)20(26)25-9-14(10-25)22-8-13-4-6-15(27-3)7-5-13;1-11-12(2)22-23-18-15(11)16(20)17(26-18)19(25)24-9-14(10-24)21-8-13-6-4-3-5-7-13;1-8-9(2)19-20-15-11(8)12(16)13(22-15)14(21)18-7-10-4-3-5-17-6-10/h3-11H,12-13,26H2,1-2H3;3-10H,11-12,25H2,1-2H3;4-7,14,22H,8-10,21H2,1-3H3;3-7,14,21H,8-10,20H2,1-2H3;3-6H,7,16H2,1-2H3,(H,18,21). The zero-order valence-corrected chi connectivity index (χ0v) is 81.6. The number of aryl methyl sites for hydroxylation is 10. The average molecular weight is 1940 g/mol. The number of fused-ring (bicyclic) bond motifs is 5. The second-order valence-corrected chi connectivity index (χ2v) is 39.6. The molecular weight excluding hydrogens is 1840 g/mol. The van der Waals surface area contributed by atoms with E-state index in [1.165, 1.54) is 77.6 Å². The summed E-state index contributed by atoms with van der Waals surface area (Å²) >= 11 is 6.35. The number of carbonyl (C=O) groups excluding carboxylic acids is 5. The van der Waals surface area contributed by atoms with Crippen molar-refractivity contribution < 1.29 is 37.5 Å². The predicted molar refractivity (Wildman–Crippen MR) is 543 cm³/mol. The number of aromatic nitrogens is 12. The van der Waals surface area contributed by atoms with Crippen LogP contribution >= 0.6 is 56.7 Å². The van der Waals surface area contributed by atoms with Gasteiger partial charge in [-0.15, -0.1) is 82.2 Å². The molecule has 704 valence electrons. The molecule has 4 aliphatic heterocycles. The maximum Gasteiger partial charge on any atom is 0.266 e. The molecule has 37 heteroatoms. The van der Waals surface area contributed by atoms with Gasteiger partial charge in [0.15, 0.2) is 11.3 Å². The smallest absolute Gasteiger partial charge is 0.266 e. The van der Waals surface area contributed by atoms with Gasteiger partial charge in [-0.2, -0.15) is 25.5 Å². The van der Waals surface area contributed by atoms with Gasteiger partial charge in [0.1, 0.15) is 54.3 Å². The van der Waals surface area contributed by atoms with Crippen molar-refractivity contribution >= 4 is 166 Å². The van der Waals surface area contributed by atoms with Gasteiger partial charge in [0.25, 0.3) is 29.5 Å². The quantitative estimate of drug-likeness (QED) is 0.0395. The number of methoxy groups -OCH3 is 1. The van der Waals surface area contributed by atoms with Crippen molar-refractivity contribution in [3.63, 3.8) is 0 Å². The number of nitrogens with two attached hydrogens (primary N) is 5. The minimum atomic E-state index is -1.59. The predicted octanol–water partition coefficient (Wildman–Crippen LogP) is 16.4. The first-order valence-electron chi connectivity index (χ1n) is 44.5. The van der Waals surface area contributed by atoms with Gasteiger partial charge in [-0.25, -0.2) is 8.78 Å². The Morgan fingerprint density at radius 2 is 0.703 bits per heavy atom. The topological polar surface area (TPSA) is 428 Å². The number of alkyl halides is 2. The molecule has 138 heavy (non-hydrogen) atoms. The molecular formula is C101H100F2N24O6S5. The summed E-state index contributed by atoms with van der Waals surface area (Å²) in [4.78, 5) is 84.7. The summed E-state index contributed by atoms with van der Waals surface area (Å²) in [5, 5.41) is 55.3. The van der Waals surface area contributed by atoms with E-state index < -0.39 is 11.3 Å². The Balaban J connectivity index is 0.000000120. The highest BCUT2D eigenvalue weighted by Gasteiger charge is 2.50. The molecule has 0 unspecified atom stereocenters. The molecule has 0 aliphatic carbocycles. The summed E-state index contributed by atoms with van der Waals surface area (Å²) < 4.78 is 36.3. The molecule has 5 aromatic carbocycles. The molecule has 0 spiro atoms. The lowest BCUT2D eigenvalue weighted by Gasteiger charge is -2.44. The zero-order valence-electron chi connectivity index (χ0n) is 77.5. The summed E-state index contributed by atoms with van der Waals surface area (Å²) in [5.74, 6) is 0.0722. The van der Waals surface area contributed by atoms with E-state index >= 15 is 8.78 Å². The molecule has 12 aromatic heterocycles. The number of pyridine rings is 2. The number of nitrogens with one attached hydrogen (secondary N) is 3.